The van der Waals surface area contributed by atoms with E-state index in [0.717, 1.165) is 19.3 Å². The Bertz CT molecular complexity index is 473. The molecule has 0 radical (unpaired) electrons. The Hall–Kier alpha value is -1.42. The summed E-state index contributed by atoms with van der Waals surface area (Å²) in [5, 5.41) is 8.93. The van der Waals surface area contributed by atoms with E-state index in [0.29, 0.717) is 11.5 Å². The molecular weight excluding hydrogens is 259 g/mol. The largest absolute Gasteiger partial charge is 0.478 e. The van der Waals surface area contributed by atoms with E-state index in [-0.39, 0.29) is 18.3 Å². The van der Waals surface area contributed by atoms with Crippen molar-refractivity contribution < 1.29 is 19.0 Å². The Kier molecular flexibility index (Phi) is 5.12. The SMILES string of the molecule is CCC1CCCCC1OCc1cc(C(=O)O)ccc1F. The highest BCUT2D eigenvalue weighted by Gasteiger charge is 2.24. The van der Waals surface area contributed by atoms with Crippen LogP contribution in [0.2, 0.25) is 0 Å². The zero-order chi connectivity index (χ0) is 14.5. The fourth-order valence-electron chi connectivity index (χ4n) is 2.88. The molecule has 1 saturated carbocycles. The van der Waals surface area contributed by atoms with Crippen LogP contribution in [-0.4, -0.2) is 17.2 Å². The van der Waals surface area contributed by atoms with Gasteiger partial charge in [0.1, 0.15) is 5.82 Å². The Morgan fingerprint density at radius 2 is 2.15 bits per heavy atom. The second-order valence-electron chi connectivity index (χ2n) is 5.41. The van der Waals surface area contributed by atoms with Gasteiger partial charge in [0, 0.05) is 5.56 Å². The lowest BCUT2D eigenvalue weighted by Gasteiger charge is -2.30. The van der Waals surface area contributed by atoms with Gasteiger partial charge in [-0.1, -0.05) is 26.2 Å². The lowest BCUT2D eigenvalue weighted by Crippen LogP contribution is -2.27. The fraction of sp³-hybridized carbons (Fsp3) is 0.562. The molecule has 2 atom stereocenters. The van der Waals surface area contributed by atoms with Crippen LogP contribution in [0.1, 0.15) is 54.9 Å². The summed E-state index contributed by atoms with van der Waals surface area (Å²) in [6.45, 7) is 2.30. The van der Waals surface area contributed by atoms with E-state index in [9.17, 15) is 9.18 Å². The molecule has 0 saturated heterocycles. The number of hydrogen-bond donors (Lipinski definition) is 1. The number of ether oxygens (including phenoxy) is 1. The zero-order valence-corrected chi connectivity index (χ0v) is 11.8. The highest BCUT2D eigenvalue weighted by atomic mass is 19.1. The van der Waals surface area contributed by atoms with Crippen molar-refractivity contribution in [3.63, 3.8) is 0 Å². The number of carboxylic acids is 1. The Morgan fingerprint density at radius 1 is 1.40 bits per heavy atom. The smallest absolute Gasteiger partial charge is 0.335 e. The Morgan fingerprint density at radius 3 is 2.85 bits per heavy atom. The van der Waals surface area contributed by atoms with Crippen LogP contribution < -0.4 is 0 Å². The molecule has 1 aliphatic rings. The van der Waals surface area contributed by atoms with E-state index in [1.807, 2.05) is 0 Å². The van der Waals surface area contributed by atoms with Gasteiger partial charge in [-0.25, -0.2) is 9.18 Å². The Labute approximate surface area is 118 Å². The van der Waals surface area contributed by atoms with Crippen LogP contribution in [-0.2, 0) is 11.3 Å². The fourth-order valence-corrected chi connectivity index (χ4v) is 2.88. The van der Waals surface area contributed by atoms with Crippen LogP contribution in [0.3, 0.4) is 0 Å². The molecule has 2 rings (SSSR count). The molecule has 0 spiro atoms. The van der Waals surface area contributed by atoms with E-state index < -0.39 is 11.8 Å². The van der Waals surface area contributed by atoms with E-state index in [4.69, 9.17) is 9.84 Å². The first kappa shape index (κ1) is 15.0. The highest BCUT2D eigenvalue weighted by molar-refractivity contribution is 5.87. The van der Waals surface area contributed by atoms with Gasteiger partial charge in [-0.15, -0.1) is 0 Å². The first-order chi connectivity index (χ1) is 9.61. The number of rotatable bonds is 5. The summed E-state index contributed by atoms with van der Waals surface area (Å²) in [5.41, 5.74) is 0.422. The van der Waals surface area contributed by atoms with E-state index >= 15 is 0 Å². The van der Waals surface area contributed by atoms with Crippen molar-refractivity contribution in [2.24, 2.45) is 5.92 Å². The molecule has 1 aliphatic carbocycles. The molecule has 2 unspecified atom stereocenters. The third kappa shape index (κ3) is 3.57. The molecule has 0 aromatic heterocycles. The van der Waals surface area contributed by atoms with Crippen LogP contribution in [0.5, 0.6) is 0 Å². The third-order valence-electron chi connectivity index (χ3n) is 4.11. The number of halogens is 1. The second kappa shape index (κ2) is 6.84. The molecule has 3 nitrogen and oxygen atoms in total. The van der Waals surface area contributed by atoms with Gasteiger partial charge in [0.25, 0.3) is 0 Å². The van der Waals surface area contributed by atoms with Gasteiger partial charge in [0.05, 0.1) is 18.3 Å². The standard InChI is InChI=1S/C16H21FO3/c1-2-11-5-3-4-6-15(11)20-10-13-9-12(16(18)19)7-8-14(13)17/h7-9,11,15H,2-6,10H2,1H3,(H,18,19). The molecule has 1 fully saturated rings. The average Bonchev–Trinajstić information content (AvgIpc) is 2.46. The quantitative estimate of drug-likeness (QED) is 0.886. The van der Waals surface area contributed by atoms with Crippen molar-refractivity contribution in [2.45, 2.75) is 51.7 Å². The van der Waals surface area contributed by atoms with Crippen LogP contribution in [0.15, 0.2) is 18.2 Å². The topological polar surface area (TPSA) is 46.5 Å². The maximum atomic E-state index is 13.7. The molecule has 110 valence electrons. The normalized spacial score (nSPS) is 22.7. The van der Waals surface area contributed by atoms with Gasteiger partial charge in [-0.2, -0.15) is 0 Å². The van der Waals surface area contributed by atoms with E-state index in [2.05, 4.69) is 6.92 Å². The average molecular weight is 280 g/mol. The zero-order valence-electron chi connectivity index (χ0n) is 11.8. The number of aromatic carboxylic acids is 1. The van der Waals surface area contributed by atoms with Crippen molar-refractivity contribution in [1.29, 1.82) is 0 Å². The first-order valence-electron chi connectivity index (χ1n) is 7.25. The summed E-state index contributed by atoms with van der Waals surface area (Å²) in [6, 6.07) is 3.83. The second-order valence-corrected chi connectivity index (χ2v) is 5.41. The number of carbonyl (C=O) groups is 1. The summed E-state index contributed by atoms with van der Waals surface area (Å²) in [4.78, 5) is 10.9. The summed E-state index contributed by atoms with van der Waals surface area (Å²) in [6.07, 6.45) is 5.81. The van der Waals surface area contributed by atoms with Crippen molar-refractivity contribution in [1.82, 2.24) is 0 Å². The maximum Gasteiger partial charge on any atom is 0.335 e. The number of hydrogen-bond acceptors (Lipinski definition) is 2. The van der Waals surface area contributed by atoms with Crippen LogP contribution in [0.25, 0.3) is 0 Å². The van der Waals surface area contributed by atoms with Gasteiger partial charge in [0.2, 0.25) is 0 Å². The maximum absolute atomic E-state index is 13.7. The van der Waals surface area contributed by atoms with E-state index in [1.165, 1.54) is 31.0 Å². The van der Waals surface area contributed by atoms with E-state index in [1.54, 1.807) is 0 Å². The Balaban J connectivity index is 2.02. The molecule has 0 amide bonds. The highest BCUT2D eigenvalue weighted by Crippen LogP contribution is 2.30. The molecule has 20 heavy (non-hydrogen) atoms. The lowest BCUT2D eigenvalue weighted by atomic mass is 9.85. The predicted octanol–water partition coefficient (Wildman–Crippen LogP) is 4.01. The van der Waals surface area contributed by atoms with Crippen LogP contribution >= 0.6 is 0 Å². The third-order valence-corrected chi connectivity index (χ3v) is 4.11. The molecular formula is C16H21FO3. The van der Waals surface area contributed by atoms with Gasteiger partial charge < -0.3 is 9.84 Å². The molecule has 1 aromatic carbocycles. The molecule has 0 heterocycles. The van der Waals surface area contributed by atoms with Crippen molar-refractivity contribution in [2.75, 3.05) is 0 Å². The van der Waals surface area contributed by atoms with Crippen molar-refractivity contribution >= 4 is 5.97 Å². The summed E-state index contributed by atoms with van der Waals surface area (Å²) in [5.74, 6) is -0.913. The summed E-state index contributed by atoms with van der Waals surface area (Å²) in [7, 11) is 0. The summed E-state index contributed by atoms with van der Waals surface area (Å²) >= 11 is 0. The first-order valence-corrected chi connectivity index (χ1v) is 7.25. The minimum atomic E-state index is -1.05. The monoisotopic (exact) mass is 280 g/mol. The molecule has 1 N–H and O–H groups in total. The van der Waals surface area contributed by atoms with Crippen LogP contribution in [0.4, 0.5) is 4.39 Å². The van der Waals surface area contributed by atoms with Gasteiger partial charge in [0.15, 0.2) is 0 Å². The number of carboxylic acid groups (broad SMARTS) is 1. The lowest BCUT2D eigenvalue weighted by molar-refractivity contribution is -0.0231. The molecule has 0 bridgehead atoms. The van der Waals surface area contributed by atoms with Crippen molar-refractivity contribution in [3.8, 4) is 0 Å². The molecule has 1 aromatic rings. The molecule has 4 heteroatoms. The predicted molar refractivity (Wildman–Crippen MR) is 74.2 cm³/mol. The number of benzene rings is 1. The minimum Gasteiger partial charge on any atom is -0.478 e. The summed E-state index contributed by atoms with van der Waals surface area (Å²) < 4.78 is 19.5. The van der Waals surface area contributed by atoms with Gasteiger partial charge in [-0.05, 0) is 37.0 Å². The van der Waals surface area contributed by atoms with Gasteiger partial charge >= 0.3 is 5.97 Å². The van der Waals surface area contributed by atoms with Gasteiger partial charge in [-0.3, -0.25) is 0 Å². The van der Waals surface area contributed by atoms with Crippen molar-refractivity contribution in [3.05, 3.63) is 35.1 Å². The minimum absolute atomic E-state index is 0.0979. The van der Waals surface area contributed by atoms with Crippen LogP contribution in [0, 0.1) is 11.7 Å². The molecule has 0 aliphatic heterocycles.